The molecule has 0 saturated heterocycles. The molecule has 0 fully saturated rings. The largest absolute Gasteiger partial charge is 0.464 e. The molecule has 0 unspecified atom stereocenters. The molecule has 0 amide bonds. The van der Waals surface area contributed by atoms with Crippen molar-refractivity contribution in [2.45, 2.75) is 26.3 Å². The molecule has 2 rings (SSSR count). The third-order valence-electron chi connectivity index (χ3n) is 2.85. The number of aromatic nitrogens is 2. The van der Waals surface area contributed by atoms with Gasteiger partial charge in [0.25, 0.3) is 5.56 Å². The first-order valence-electron chi connectivity index (χ1n) is 6.42. The lowest BCUT2D eigenvalue weighted by molar-refractivity contribution is -0.144. The summed E-state index contributed by atoms with van der Waals surface area (Å²) < 4.78 is 6.25. The Kier molecular flexibility index (Phi) is 4.74. The van der Waals surface area contributed by atoms with Gasteiger partial charge in [-0.05, 0) is 24.6 Å². The monoisotopic (exact) mass is 294 g/mol. The molecule has 0 radical (unpaired) electrons. The fraction of sp³-hybridized carbons (Fsp3) is 0.357. The predicted molar refractivity (Wildman–Crippen MR) is 76.9 cm³/mol. The van der Waals surface area contributed by atoms with Crippen LogP contribution in [0.3, 0.4) is 0 Å². The highest BCUT2D eigenvalue weighted by atomic mass is 35.5. The molecule has 0 bridgehead atoms. The van der Waals surface area contributed by atoms with Gasteiger partial charge < -0.3 is 4.74 Å². The van der Waals surface area contributed by atoms with Crippen LogP contribution in [0.5, 0.6) is 0 Å². The summed E-state index contributed by atoms with van der Waals surface area (Å²) in [6, 6.07) is 4.88. The third kappa shape index (κ3) is 3.36. The lowest BCUT2D eigenvalue weighted by Gasteiger charge is -2.07. The highest BCUT2D eigenvalue weighted by Gasteiger charge is 2.09. The molecular formula is C14H15ClN2O3. The molecule has 0 atom stereocenters. The van der Waals surface area contributed by atoms with Crippen molar-refractivity contribution >= 4 is 28.5 Å². The Labute approximate surface area is 121 Å². The summed E-state index contributed by atoms with van der Waals surface area (Å²) in [5, 5.41) is 0.848. The van der Waals surface area contributed by atoms with Crippen molar-refractivity contribution in [3.8, 4) is 0 Å². The zero-order chi connectivity index (χ0) is 14.5. The molecule has 0 saturated carbocycles. The Morgan fingerprint density at radius 2 is 2.25 bits per heavy atom. The number of unbranched alkanes of at least 4 members (excludes halogenated alkanes) is 1. The van der Waals surface area contributed by atoms with E-state index in [0.717, 1.165) is 12.8 Å². The van der Waals surface area contributed by atoms with Gasteiger partial charge in [-0.1, -0.05) is 24.9 Å². The number of fused-ring (bicyclic) bond motifs is 1. The average Bonchev–Trinajstić information content (AvgIpc) is 2.43. The fourth-order valence-electron chi connectivity index (χ4n) is 1.76. The molecule has 1 heterocycles. The van der Waals surface area contributed by atoms with Gasteiger partial charge in [0.15, 0.2) is 0 Å². The molecule has 0 aliphatic heterocycles. The minimum Gasteiger partial charge on any atom is -0.464 e. The van der Waals surface area contributed by atoms with Gasteiger partial charge in [-0.15, -0.1) is 0 Å². The van der Waals surface area contributed by atoms with Gasteiger partial charge in [0.05, 0.1) is 23.8 Å². The van der Waals surface area contributed by atoms with Gasteiger partial charge >= 0.3 is 5.97 Å². The second-order valence-corrected chi connectivity index (χ2v) is 4.85. The van der Waals surface area contributed by atoms with E-state index in [9.17, 15) is 9.59 Å². The first-order chi connectivity index (χ1) is 9.61. The molecular weight excluding hydrogens is 280 g/mol. The fourth-order valence-corrected chi connectivity index (χ4v) is 1.93. The van der Waals surface area contributed by atoms with Crippen molar-refractivity contribution in [1.82, 2.24) is 9.55 Å². The number of hydrogen-bond acceptors (Lipinski definition) is 4. The maximum Gasteiger partial charge on any atom is 0.326 e. The van der Waals surface area contributed by atoms with Crippen LogP contribution in [0, 0.1) is 0 Å². The first kappa shape index (κ1) is 14.5. The second-order valence-electron chi connectivity index (χ2n) is 4.41. The van der Waals surface area contributed by atoms with Crippen LogP contribution in [0.1, 0.15) is 19.8 Å². The lowest BCUT2D eigenvalue weighted by Crippen LogP contribution is -2.25. The van der Waals surface area contributed by atoms with Crippen LogP contribution < -0.4 is 5.56 Å². The first-order valence-corrected chi connectivity index (χ1v) is 6.80. The molecule has 1 aromatic heterocycles. The molecule has 5 nitrogen and oxygen atoms in total. The van der Waals surface area contributed by atoms with E-state index in [-0.39, 0.29) is 12.1 Å². The lowest BCUT2D eigenvalue weighted by atomic mass is 10.2. The second kappa shape index (κ2) is 6.52. The Balaban J connectivity index is 2.21. The van der Waals surface area contributed by atoms with Crippen LogP contribution >= 0.6 is 11.6 Å². The summed E-state index contributed by atoms with van der Waals surface area (Å²) in [7, 11) is 0. The molecule has 20 heavy (non-hydrogen) atoms. The number of halogens is 1. The molecule has 0 aliphatic rings. The molecule has 6 heteroatoms. The van der Waals surface area contributed by atoms with Crippen LogP contribution in [0.2, 0.25) is 5.02 Å². The Morgan fingerprint density at radius 1 is 1.45 bits per heavy atom. The molecule has 2 aromatic rings. The Morgan fingerprint density at radius 3 is 3.00 bits per heavy atom. The number of esters is 1. The minimum absolute atomic E-state index is 0.141. The molecule has 0 aliphatic carbocycles. The summed E-state index contributed by atoms with van der Waals surface area (Å²) in [5.74, 6) is -0.441. The Hall–Kier alpha value is -1.88. The quantitative estimate of drug-likeness (QED) is 0.627. The van der Waals surface area contributed by atoms with E-state index in [1.807, 2.05) is 6.92 Å². The van der Waals surface area contributed by atoms with E-state index in [2.05, 4.69) is 4.98 Å². The standard InChI is InChI=1S/C14H15ClN2O3/c1-2-3-6-20-13(18)8-17-9-16-12-5-4-10(15)7-11(12)14(17)19/h4-5,7,9H,2-3,6,8H2,1H3. The number of carbonyl (C=O) groups excluding carboxylic acids is 1. The van der Waals surface area contributed by atoms with Crippen molar-refractivity contribution in [2.75, 3.05) is 6.61 Å². The van der Waals surface area contributed by atoms with E-state index in [4.69, 9.17) is 16.3 Å². The van der Waals surface area contributed by atoms with Gasteiger partial charge in [-0.2, -0.15) is 0 Å². The zero-order valence-electron chi connectivity index (χ0n) is 11.1. The van der Waals surface area contributed by atoms with E-state index >= 15 is 0 Å². The number of benzene rings is 1. The van der Waals surface area contributed by atoms with Crippen molar-refractivity contribution in [3.05, 3.63) is 39.9 Å². The van der Waals surface area contributed by atoms with Gasteiger partial charge in [0.1, 0.15) is 6.54 Å². The summed E-state index contributed by atoms with van der Waals surface area (Å²) in [6.07, 6.45) is 3.11. The number of nitrogens with zero attached hydrogens (tertiary/aromatic N) is 2. The van der Waals surface area contributed by atoms with Crippen LogP contribution in [-0.2, 0) is 16.1 Å². The normalized spacial score (nSPS) is 10.7. The SMILES string of the molecule is CCCCOC(=O)Cn1cnc2ccc(Cl)cc2c1=O. The summed E-state index contributed by atoms with van der Waals surface area (Å²) >= 11 is 5.87. The number of rotatable bonds is 5. The molecule has 106 valence electrons. The average molecular weight is 295 g/mol. The number of carbonyl (C=O) groups is 1. The molecule has 0 N–H and O–H groups in total. The smallest absolute Gasteiger partial charge is 0.326 e. The maximum atomic E-state index is 12.2. The van der Waals surface area contributed by atoms with Crippen molar-refractivity contribution in [2.24, 2.45) is 0 Å². The maximum absolute atomic E-state index is 12.2. The van der Waals surface area contributed by atoms with Crippen molar-refractivity contribution < 1.29 is 9.53 Å². The van der Waals surface area contributed by atoms with E-state index in [1.165, 1.54) is 10.9 Å². The summed E-state index contributed by atoms with van der Waals surface area (Å²) in [5.41, 5.74) is 0.250. The van der Waals surface area contributed by atoms with Crippen molar-refractivity contribution in [1.29, 1.82) is 0 Å². The van der Waals surface area contributed by atoms with Crippen LogP contribution in [0.15, 0.2) is 29.3 Å². The Bertz CT molecular complexity index is 682. The van der Waals surface area contributed by atoms with E-state index < -0.39 is 5.97 Å². The van der Waals surface area contributed by atoms with Crippen molar-refractivity contribution in [3.63, 3.8) is 0 Å². The van der Waals surface area contributed by atoms with Gasteiger partial charge in [-0.3, -0.25) is 14.2 Å². The van der Waals surface area contributed by atoms with Crippen LogP contribution in [0.4, 0.5) is 0 Å². The third-order valence-corrected chi connectivity index (χ3v) is 3.08. The number of hydrogen-bond donors (Lipinski definition) is 0. The molecule has 0 spiro atoms. The topological polar surface area (TPSA) is 61.2 Å². The van der Waals surface area contributed by atoms with E-state index in [1.54, 1.807) is 18.2 Å². The van der Waals surface area contributed by atoms with Crippen LogP contribution in [0.25, 0.3) is 10.9 Å². The van der Waals surface area contributed by atoms with Gasteiger partial charge in [0.2, 0.25) is 0 Å². The minimum atomic E-state index is -0.441. The zero-order valence-corrected chi connectivity index (χ0v) is 11.9. The van der Waals surface area contributed by atoms with Gasteiger partial charge in [0, 0.05) is 5.02 Å². The highest BCUT2D eigenvalue weighted by molar-refractivity contribution is 6.31. The predicted octanol–water partition coefficient (Wildman–Crippen LogP) is 2.39. The highest BCUT2D eigenvalue weighted by Crippen LogP contribution is 2.13. The van der Waals surface area contributed by atoms with Crippen LogP contribution in [-0.4, -0.2) is 22.1 Å². The summed E-state index contributed by atoms with van der Waals surface area (Å²) in [4.78, 5) is 27.9. The van der Waals surface area contributed by atoms with Gasteiger partial charge in [-0.25, -0.2) is 4.98 Å². The van der Waals surface area contributed by atoms with E-state index in [0.29, 0.717) is 22.5 Å². The summed E-state index contributed by atoms with van der Waals surface area (Å²) in [6.45, 7) is 2.24. The molecule has 1 aromatic carbocycles. The number of ether oxygens (including phenoxy) is 1.